The minimum Gasteiger partial charge on any atom is -0.483 e. The average Bonchev–Trinajstić information content (AvgIpc) is 2.92. The first-order valence-electron chi connectivity index (χ1n) is 9.74. The average molecular weight is 464 g/mol. The van der Waals surface area contributed by atoms with Crippen molar-refractivity contribution in [2.45, 2.75) is 45.6 Å². The maximum absolute atomic E-state index is 11.4. The number of hydrogen-bond acceptors (Lipinski definition) is 5. The Morgan fingerprint density at radius 3 is 2.82 bits per heavy atom. The smallest absolute Gasteiger partial charge is 0.163 e. The van der Waals surface area contributed by atoms with Crippen LogP contribution in [0.3, 0.4) is 0 Å². The number of thiophene rings is 1. The van der Waals surface area contributed by atoms with Crippen LogP contribution in [0.25, 0.3) is 10.4 Å². The molecule has 2 aromatic rings. The lowest BCUT2D eigenvalue weighted by Gasteiger charge is -2.22. The number of ether oxygens (including phenoxy) is 1. The summed E-state index contributed by atoms with van der Waals surface area (Å²) < 4.78 is 6.16. The fraction of sp³-hybridized carbons (Fsp3) is 0.455. The second-order valence-corrected chi connectivity index (χ2v) is 9.42. The van der Waals surface area contributed by atoms with E-state index in [0.29, 0.717) is 23.0 Å². The number of carbonyl (C=O) groups excluding carboxylic acids is 2. The van der Waals surface area contributed by atoms with Gasteiger partial charge in [-0.2, -0.15) is 0 Å². The number of hydrogen-bond donors (Lipinski definition) is 1. The zero-order valence-electron chi connectivity index (χ0n) is 16.2. The molecule has 0 spiro atoms. The van der Waals surface area contributed by atoms with Crippen LogP contribution in [0.4, 0.5) is 5.69 Å². The van der Waals surface area contributed by atoms with Crippen molar-refractivity contribution in [1.29, 1.82) is 0 Å². The van der Waals surface area contributed by atoms with Gasteiger partial charge in [-0.25, -0.2) is 0 Å². The highest BCUT2D eigenvalue weighted by atomic mass is 79.9. The highest BCUT2D eigenvalue weighted by Gasteiger charge is 2.23. The summed E-state index contributed by atoms with van der Waals surface area (Å²) in [5, 5.41) is 3.71. The van der Waals surface area contributed by atoms with Gasteiger partial charge >= 0.3 is 0 Å². The third-order valence-electron chi connectivity index (χ3n) is 5.57. The van der Waals surface area contributed by atoms with E-state index in [-0.39, 0.29) is 6.61 Å². The van der Waals surface area contributed by atoms with Crippen LogP contribution in [0.15, 0.2) is 28.7 Å². The molecule has 150 valence electrons. The van der Waals surface area contributed by atoms with Crippen LogP contribution < -0.4 is 10.1 Å². The van der Waals surface area contributed by atoms with E-state index in [1.807, 2.05) is 12.1 Å². The molecule has 3 unspecified atom stereocenters. The van der Waals surface area contributed by atoms with E-state index in [1.54, 1.807) is 0 Å². The van der Waals surface area contributed by atoms with Crippen molar-refractivity contribution in [2.75, 3.05) is 11.9 Å². The highest BCUT2D eigenvalue weighted by Crippen LogP contribution is 2.45. The number of rotatable bonds is 7. The lowest BCUT2D eigenvalue weighted by Crippen LogP contribution is -2.21. The third-order valence-corrected chi connectivity index (χ3v) is 7.74. The normalized spacial score (nSPS) is 22.3. The molecule has 0 aliphatic heterocycles. The third kappa shape index (κ3) is 4.84. The molecule has 0 amide bonds. The lowest BCUT2D eigenvalue weighted by atomic mass is 9.91. The van der Waals surface area contributed by atoms with Crippen molar-refractivity contribution < 1.29 is 14.3 Å². The summed E-state index contributed by atoms with van der Waals surface area (Å²) >= 11 is 4.91. The van der Waals surface area contributed by atoms with Gasteiger partial charge in [-0.3, -0.25) is 9.59 Å². The molecule has 0 saturated heterocycles. The molecule has 0 radical (unpaired) electrons. The maximum atomic E-state index is 11.4. The van der Waals surface area contributed by atoms with Crippen molar-refractivity contribution in [1.82, 2.24) is 0 Å². The second-order valence-electron chi connectivity index (χ2n) is 7.58. The summed E-state index contributed by atoms with van der Waals surface area (Å²) in [4.78, 5) is 23.5. The van der Waals surface area contributed by atoms with Crippen LogP contribution in [0.2, 0.25) is 0 Å². The van der Waals surface area contributed by atoms with Crippen molar-refractivity contribution >= 4 is 45.5 Å². The largest absolute Gasteiger partial charge is 0.483 e. The molecule has 3 rings (SSSR count). The Morgan fingerprint density at radius 2 is 2.07 bits per heavy atom. The van der Waals surface area contributed by atoms with E-state index in [2.05, 4.69) is 47.2 Å². The van der Waals surface area contributed by atoms with Crippen LogP contribution in [0.1, 0.15) is 49.2 Å². The van der Waals surface area contributed by atoms with Crippen LogP contribution in [-0.4, -0.2) is 25.2 Å². The van der Waals surface area contributed by atoms with Gasteiger partial charge in [0.15, 0.2) is 18.3 Å². The van der Waals surface area contributed by atoms with E-state index in [9.17, 15) is 9.59 Å². The summed E-state index contributed by atoms with van der Waals surface area (Å²) in [6.07, 6.45) is 6.40. The molecule has 1 aliphatic rings. The Bertz CT molecular complexity index is 835. The summed E-state index contributed by atoms with van der Waals surface area (Å²) in [6.45, 7) is 4.64. The molecule has 1 fully saturated rings. The van der Waals surface area contributed by atoms with Gasteiger partial charge in [0.05, 0.1) is 9.35 Å². The monoisotopic (exact) mass is 463 g/mol. The van der Waals surface area contributed by atoms with Crippen molar-refractivity contribution in [2.24, 2.45) is 11.8 Å². The fourth-order valence-corrected chi connectivity index (χ4v) is 5.69. The molecule has 1 saturated carbocycles. The first-order chi connectivity index (χ1) is 13.5. The molecule has 28 heavy (non-hydrogen) atoms. The number of carbonyl (C=O) groups is 2. The molecule has 6 heteroatoms. The molecule has 4 nitrogen and oxygen atoms in total. The quantitative estimate of drug-likeness (QED) is 0.392. The second kappa shape index (κ2) is 9.70. The number of nitrogens with one attached hydrogen (secondary N) is 1. The van der Waals surface area contributed by atoms with Crippen molar-refractivity contribution in [3.05, 3.63) is 33.6 Å². The molecule has 1 aromatic heterocycles. The van der Waals surface area contributed by atoms with E-state index in [4.69, 9.17) is 4.74 Å². The topological polar surface area (TPSA) is 55.4 Å². The number of halogens is 1. The van der Waals surface area contributed by atoms with E-state index >= 15 is 0 Å². The van der Waals surface area contributed by atoms with Gasteiger partial charge in [-0.15, -0.1) is 11.3 Å². The van der Waals surface area contributed by atoms with Crippen molar-refractivity contribution in [3.8, 4) is 16.2 Å². The molecule has 1 aromatic carbocycles. The van der Waals surface area contributed by atoms with Gasteiger partial charge in [-0.05, 0) is 58.3 Å². The van der Waals surface area contributed by atoms with Gasteiger partial charge in [0.2, 0.25) is 0 Å². The first-order valence-corrected chi connectivity index (χ1v) is 11.3. The molecule has 3 atom stereocenters. The van der Waals surface area contributed by atoms with E-state index in [1.165, 1.54) is 37.0 Å². The minimum absolute atomic E-state index is 0.0739. The molecular weight excluding hydrogens is 438 g/mol. The molecule has 1 aliphatic carbocycles. The standard InChI is InChI=1S/C22H26BrNO3S/c1-14-5-3-7-17(11-15(14)2)24-18-8-4-6-16(12-18)22-20(23)21(27-10-9-25)19(13-26)28-22/h4,6,8-9,12-15,17,24H,3,5,7,10-11H2,1-2H3. The highest BCUT2D eigenvalue weighted by molar-refractivity contribution is 9.10. The fourth-order valence-electron chi connectivity index (χ4n) is 3.81. The van der Waals surface area contributed by atoms with Gasteiger partial charge < -0.3 is 10.1 Å². The lowest BCUT2D eigenvalue weighted by molar-refractivity contribution is -0.109. The van der Waals surface area contributed by atoms with Crippen molar-refractivity contribution in [3.63, 3.8) is 0 Å². The summed E-state index contributed by atoms with van der Waals surface area (Å²) in [5.74, 6) is 1.95. The summed E-state index contributed by atoms with van der Waals surface area (Å²) in [7, 11) is 0. The number of aldehydes is 2. The first kappa shape index (κ1) is 21.1. The van der Waals surface area contributed by atoms with Crippen LogP contribution >= 0.6 is 27.3 Å². The Hall–Kier alpha value is -1.66. The van der Waals surface area contributed by atoms with Gasteiger partial charge in [0, 0.05) is 11.7 Å². The number of anilines is 1. The summed E-state index contributed by atoms with van der Waals surface area (Å²) in [6, 6.07) is 8.75. The van der Waals surface area contributed by atoms with Crippen LogP contribution in [-0.2, 0) is 4.79 Å². The predicted molar refractivity (Wildman–Crippen MR) is 119 cm³/mol. The Balaban J connectivity index is 1.82. The summed E-state index contributed by atoms with van der Waals surface area (Å²) in [5.41, 5.74) is 2.11. The zero-order chi connectivity index (χ0) is 20.1. The van der Waals surface area contributed by atoms with Crippen LogP contribution in [0.5, 0.6) is 5.75 Å². The van der Waals surface area contributed by atoms with E-state index in [0.717, 1.165) is 38.7 Å². The van der Waals surface area contributed by atoms with Gasteiger partial charge in [0.25, 0.3) is 0 Å². The molecule has 1 N–H and O–H groups in total. The van der Waals surface area contributed by atoms with Gasteiger partial charge in [0.1, 0.15) is 11.5 Å². The predicted octanol–water partition coefficient (Wildman–Crippen LogP) is 6.19. The molecular formula is C22H26BrNO3S. The molecule has 1 heterocycles. The van der Waals surface area contributed by atoms with Gasteiger partial charge in [-0.1, -0.05) is 38.8 Å². The Morgan fingerprint density at radius 1 is 1.25 bits per heavy atom. The maximum Gasteiger partial charge on any atom is 0.163 e. The zero-order valence-corrected chi connectivity index (χ0v) is 18.6. The Labute approximate surface area is 178 Å². The molecule has 0 bridgehead atoms. The SMILES string of the molecule is CC1CCCC(Nc2cccc(-c3sc(C=O)c(OCC=O)c3Br)c2)CC1C. The van der Waals surface area contributed by atoms with Crippen LogP contribution in [0, 0.1) is 11.8 Å². The number of benzene rings is 1. The van der Waals surface area contributed by atoms with E-state index < -0.39 is 0 Å². The Kier molecular flexibility index (Phi) is 7.30. The minimum atomic E-state index is -0.0739.